The molecule has 0 unspecified atom stereocenters. The summed E-state index contributed by atoms with van der Waals surface area (Å²) in [6.07, 6.45) is 0.909. The molecule has 3 N–H and O–H groups in total. The van der Waals surface area contributed by atoms with Gasteiger partial charge in [0.05, 0.1) is 18.5 Å². The molecule has 2 rings (SSSR count). The Morgan fingerprint density at radius 3 is 2.23 bits per heavy atom. The molecule has 1 aliphatic rings. The molecule has 1 aliphatic heterocycles. The van der Waals surface area contributed by atoms with Crippen molar-refractivity contribution >= 4 is 23.7 Å². The highest BCUT2D eigenvalue weighted by Crippen LogP contribution is 2.15. The molecule has 0 saturated carbocycles. The first kappa shape index (κ1) is 23.8. The molecule has 0 atom stereocenters. The number of anilines is 1. The van der Waals surface area contributed by atoms with Crippen molar-refractivity contribution in [2.45, 2.75) is 39.2 Å². The number of rotatable bonds is 7. The van der Waals surface area contributed by atoms with Crippen LogP contribution in [-0.2, 0) is 20.7 Å². The minimum atomic E-state index is -1.06. The summed E-state index contributed by atoms with van der Waals surface area (Å²) in [7, 11) is 0. The van der Waals surface area contributed by atoms with E-state index in [9.17, 15) is 14.4 Å². The van der Waals surface area contributed by atoms with Crippen LogP contribution in [0.3, 0.4) is 0 Å². The van der Waals surface area contributed by atoms with Crippen molar-refractivity contribution in [2.75, 3.05) is 31.5 Å². The first-order valence-electron chi connectivity index (χ1n) is 9.97. The molecule has 1 aromatic rings. The van der Waals surface area contributed by atoms with Crippen molar-refractivity contribution in [2.24, 2.45) is 5.11 Å². The molecule has 31 heavy (non-hydrogen) atoms. The van der Waals surface area contributed by atoms with E-state index in [0.29, 0.717) is 31.9 Å². The van der Waals surface area contributed by atoms with E-state index in [1.807, 2.05) is 20.8 Å². The quantitative estimate of drug-likeness (QED) is 0.568. The average Bonchev–Trinajstić information content (AvgIpc) is 2.70. The monoisotopic (exact) mass is 431 g/mol. The fourth-order valence-corrected chi connectivity index (χ4v) is 2.91. The predicted octanol–water partition coefficient (Wildman–Crippen LogP) is 3.07. The van der Waals surface area contributed by atoms with Crippen LogP contribution in [0.5, 0.6) is 0 Å². The van der Waals surface area contributed by atoms with Crippen LogP contribution in [0.15, 0.2) is 41.3 Å². The molecular formula is C21H29N5O5. The summed E-state index contributed by atoms with van der Waals surface area (Å²) in [6.45, 7) is 7.27. The van der Waals surface area contributed by atoms with Gasteiger partial charge in [-0.3, -0.25) is 9.59 Å². The molecule has 1 aromatic carbocycles. The lowest BCUT2D eigenvalue weighted by Crippen LogP contribution is -2.51. The van der Waals surface area contributed by atoms with Gasteiger partial charge in [-0.05, 0) is 38.5 Å². The van der Waals surface area contributed by atoms with E-state index < -0.39 is 11.6 Å². The number of piperazine rings is 1. The van der Waals surface area contributed by atoms with Gasteiger partial charge in [-0.2, -0.15) is 5.11 Å². The third kappa shape index (κ3) is 8.07. The van der Waals surface area contributed by atoms with E-state index in [1.54, 1.807) is 34.1 Å². The van der Waals surface area contributed by atoms with Crippen molar-refractivity contribution < 1.29 is 24.2 Å². The lowest BCUT2D eigenvalue weighted by Gasteiger charge is -2.35. The topological polar surface area (TPSA) is 135 Å². The molecular weight excluding hydrogens is 402 g/mol. The van der Waals surface area contributed by atoms with E-state index in [4.69, 9.17) is 15.4 Å². The smallest absolute Gasteiger partial charge is 0.410 e. The molecule has 10 nitrogen and oxygen atoms in total. The molecule has 0 spiro atoms. The van der Waals surface area contributed by atoms with Crippen LogP contribution in [-0.4, -0.2) is 64.7 Å². The lowest BCUT2D eigenvalue weighted by atomic mass is 10.1. The van der Waals surface area contributed by atoms with Crippen molar-refractivity contribution in [1.82, 2.24) is 9.80 Å². The predicted molar refractivity (Wildman–Crippen MR) is 114 cm³/mol. The zero-order valence-corrected chi connectivity index (χ0v) is 18.1. The van der Waals surface area contributed by atoms with Crippen LogP contribution in [0.25, 0.3) is 0 Å². The van der Waals surface area contributed by atoms with Gasteiger partial charge in [0.2, 0.25) is 5.91 Å². The van der Waals surface area contributed by atoms with E-state index in [1.165, 1.54) is 6.20 Å². The standard InChI is InChI=1S/C21H29N5O5/c1-21(2,3)31-20(30)26-10-8-25(9-11-26)18(27)12-15-4-6-16(7-5-15)23-14-17(24-22)13-19(28)29/h4-7,14,22-23H,8-13H2,1-3H3,(H,28,29)/b17-14-,24-22?. The Morgan fingerprint density at radius 1 is 1.13 bits per heavy atom. The molecule has 2 amide bonds. The van der Waals surface area contributed by atoms with Crippen LogP contribution >= 0.6 is 0 Å². The molecule has 0 aliphatic carbocycles. The first-order chi connectivity index (χ1) is 14.6. The number of ether oxygens (including phenoxy) is 1. The second-order valence-electron chi connectivity index (χ2n) is 8.18. The maximum atomic E-state index is 12.6. The molecule has 168 valence electrons. The number of nitrogens with one attached hydrogen (secondary N) is 2. The summed E-state index contributed by atoms with van der Waals surface area (Å²) >= 11 is 0. The maximum Gasteiger partial charge on any atom is 0.410 e. The first-order valence-corrected chi connectivity index (χ1v) is 9.97. The number of carbonyl (C=O) groups is 3. The third-order valence-corrected chi connectivity index (χ3v) is 4.47. The molecule has 10 heteroatoms. The van der Waals surface area contributed by atoms with Crippen LogP contribution in [0.2, 0.25) is 0 Å². The molecule has 0 aromatic heterocycles. The van der Waals surface area contributed by atoms with Gasteiger partial charge < -0.3 is 25.0 Å². The number of amides is 2. The number of hydrogen-bond donors (Lipinski definition) is 3. The van der Waals surface area contributed by atoms with Gasteiger partial charge in [0, 0.05) is 38.1 Å². The number of hydrogen-bond acceptors (Lipinski definition) is 7. The highest BCUT2D eigenvalue weighted by Gasteiger charge is 2.27. The highest BCUT2D eigenvalue weighted by molar-refractivity contribution is 5.79. The third-order valence-electron chi connectivity index (χ3n) is 4.47. The van der Waals surface area contributed by atoms with Crippen molar-refractivity contribution in [1.29, 1.82) is 5.53 Å². The Balaban J connectivity index is 1.84. The number of carboxylic acids is 1. The molecule has 1 fully saturated rings. The van der Waals surface area contributed by atoms with Crippen molar-refractivity contribution in [3.63, 3.8) is 0 Å². The van der Waals surface area contributed by atoms with Gasteiger partial charge in [0.15, 0.2) is 0 Å². The molecule has 0 radical (unpaired) electrons. The minimum absolute atomic E-state index is 0.0128. The zero-order valence-electron chi connectivity index (χ0n) is 18.1. The van der Waals surface area contributed by atoms with Gasteiger partial charge in [0.25, 0.3) is 0 Å². The van der Waals surface area contributed by atoms with E-state index in [0.717, 1.165) is 5.56 Å². The molecule has 1 saturated heterocycles. The van der Waals surface area contributed by atoms with Crippen molar-refractivity contribution in [3.05, 3.63) is 41.7 Å². The van der Waals surface area contributed by atoms with E-state index in [2.05, 4.69) is 10.4 Å². The lowest BCUT2D eigenvalue weighted by molar-refractivity contribution is -0.136. The van der Waals surface area contributed by atoms with E-state index in [-0.39, 0.29) is 30.5 Å². The second kappa shape index (κ2) is 10.6. The summed E-state index contributed by atoms with van der Waals surface area (Å²) in [5.74, 6) is -1.08. The van der Waals surface area contributed by atoms with Crippen LogP contribution < -0.4 is 5.32 Å². The minimum Gasteiger partial charge on any atom is -0.481 e. The van der Waals surface area contributed by atoms with Gasteiger partial charge in [-0.1, -0.05) is 12.1 Å². The van der Waals surface area contributed by atoms with Crippen molar-refractivity contribution in [3.8, 4) is 0 Å². The molecule has 1 heterocycles. The fourth-order valence-electron chi connectivity index (χ4n) is 2.91. The second-order valence-corrected chi connectivity index (χ2v) is 8.18. The number of nitrogens with zero attached hydrogens (tertiary/aromatic N) is 3. The number of aliphatic carboxylic acids is 1. The highest BCUT2D eigenvalue weighted by atomic mass is 16.6. The average molecular weight is 431 g/mol. The summed E-state index contributed by atoms with van der Waals surface area (Å²) in [4.78, 5) is 38.8. The number of carboxylic acid groups (broad SMARTS) is 1. The zero-order chi connectivity index (χ0) is 23.0. The van der Waals surface area contributed by atoms with Gasteiger partial charge in [-0.25, -0.2) is 10.3 Å². The normalized spacial score (nSPS) is 14.7. The van der Waals surface area contributed by atoms with Crippen LogP contribution in [0.1, 0.15) is 32.8 Å². The van der Waals surface area contributed by atoms with Gasteiger partial charge >= 0.3 is 12.1 Å². The van der Waals surface area contributed by atoms with Crippen LogP contribution in [0, 0.1) is 5.53 Å². The largest absolute Gasteiger partial charge is 0.481 e. The Morgan fingerprint density at radius 2 is 1.71 bits per heavy atom. The summed E-state index contributed by atoms with van der Waals surface area (Å²) in [6, 6.07) is 7.14. The number of benzene rings is 1. The number of carbonyl (C=O) groups excluding carboxylic acids is 2. The van der Waals surface area contributed by atoms with Gasteiger partial charge in [0.1, 0.15) is 5.60 Å². The van der Waals surface area contributed by atoms with Crippen LogP contribution in [0.4, 0.5) is 10.5 Å². The van der Waals surface area contributed by atoms with E-state index >= 15 is 0 Å². The SMILES string of the molecule is CC(C)(C)OC(=O)N1CCN(C(=O)Cc2ccc(N/C=C(/CC(=O)O)N=N)cc2)CC1. The van der Waals surface area contributed by atoms with Gasteiger partial charge in [-0.15, -0.1) is 0 Å². The summed E-state index contributed by atoms with van der Waals surface area (Å²) in [5, 5.41) is 14.8. The Kier molecular flexibility index (Phi) is 8.12. The summed E-state index contributed by atoms with van der Waals surface area (Å²) < 4.78 is 5.37. The summed E-state index contributed by atoms with van der Waals surface area (Å²) in [5.41, 5.74) is 8.06. The maximum absolute atomic E-state index is 12.6. The fraction of sp³-hybridized carbons (Fsp3) is 0.476. The Labute approximate surface area is 181 Å². The molecule has 0 bridgehead atoms. The Hall–Kier alpha value is -3.43. The Bertz CT molecular complexity index is 837.